The maximum absolute atomic E-state index is 14.0. The lowest BCUT2D eigenvalue weighted by Gasteiger charge is -2.42. The van der Waals surface area contributed by atoms with Crippen LogP contribution in [0.4, 0.5) is 57.1 Å². The monoisotopic (exact) mass is 582 g/mol. The molecule has 2 rings (SSSR count). The molecule has 0 aromatic heterocycles. The maximum atomic E-state index is 14.0. The highest BCUT2D eigenvalue weighted by atomic mass is 31.2. The van der Waals surface area contributed by atoms with Crippen molar-refractivity contribution in [1.82, 2.24) is 9.34 Å². The number of ether oxygens (including phenoxy) is 2. The van der Waals surface area contributed by atoms with E-state index in [-0.39, 0.29) is 52.6 Å². The first-order valence-electron chi connectivity index (χ1n) is 10.0. The third-order valence-corrected chi connectivity index (χ3v) is 8.11. The Morgan fingerprint density at radius 2 is 0.972 bits per heavy atom. The minimum atomic E-state index is -7.97. The summed E-state index contributed by atoms with van der Waals surface area (Å²) in [5.74, 6) is -37.3. The van der Waals surface area contributed by atoms with Gasteiger partial charge in [-0.1, -0.05) is 0 Å². The molecular weight excluding hydrogens is 562 g/mol. The van der Waals surface area contributed by atoms with E-state index >= 15 is 0 Å². The van der Waals surface area contributed by atoms with Gasteiger partial charge in [0.25, 0.3) is 0 Å². The van der Waals surface area contributed by atoms with Gasteiger partial charge in [-0.2, -0.15) is 57.1 Å². The highest BCUT2D eigenvalue weighted by Crippen LogP contribution is 2.61. The van der Waals surface area contributed by atoms with Crippen molar-refractivity contribution in [3.05, 3.63) is 0 Å². The summed E-state index contributed by atoms with van der Waals surface area (Å²) in [5, 5.41) is 0. The van der Waals surface area contributed by atoms with Gasteiger partial charge in [0.15, 0.2) is 0 Å². The molecule has 2 aliphatic heterocycles. The molecule has 0 N–H and O–H groups in total. The summed E-state index contributed by atoms with van der Waals surface area (Å²) in [7, 11) is -4.31. The molecule has 0 radical (unpaired) electrons. The summed E-state index contributed by atoms with van der Waals surface area (Å²) in [4.78, 5) is 0. The van der Waals surface area contributed by atoms with E-state index in [1.807, 2.05) is 0 Å². The number of rotatable bonds is 10. The molecule has 0 atom stereocenters. The van der Waals surface area contributed by atoms with Crippen LogP contribution in [0.3, 0.4) is 0 Å². The Morgan fingerprint density at radius 1 is 0.611 bits per heavy atom. The van der Waals surface area contributed by atoms with Crippen LogP contribution in [0.15, 0.2) is 0 Å². The zero-order valence-electron chi connectivity index (χ0n) is 18.0. The topological polar surface area (TPSA) is 51.2 Å². The predicted octanol–water partition coefficient (Wildman–Crippen LogP) is 4.90. The van der Waals surface area contributed by atoms with E-state index in [1.165, 1.54) is 0 Å². The zero-order valence-corrected chi connectivity index (χ0v) is 18.9. The van der Waals surface area contributed by atoms with E-state index in [0.29, 0.717) is 0 Å². The number of hydrogen-bond acceptors (Lipinski definition) is 4. The van der Waals surface area contributed by atoms with Crippen LogP contribution in [-0.2, 0) is 18.6 Å². The Bertz CT molecular complexity index is 777. The van der Waals surface area contributed by atoms with Crippen LogP contribution in [0, 0.1) is 0 Å². The van der Waals surface area contributed by atoms with Gasteiger partial charge in [0.05, 0.1) is 33.0 Å². The molecule has 36 heavy (non-hydrogen) atoms. The first kappa shape index (κ1) is 31.3. The molecule has 0 amide bonds. The lowest BCUT2D eigenvalue weighted by Crippen LogP contribution is -2.70. The molecule has 2 heterocycles. The van der Waals surface area contributed by atoms with E-state index in [1.54, 1.807) is 0 Å². The van der Waals surface area contributed by atoms with Gasteiger partial charge in [0, 0.05) is 32.6 Å². The predicted molar refractivity (Wildman–Crippen MR) is 93.7 cm³/mol. The Hall–Kier alpha value is -0.880. The molecule has 20 heteroatoms. The minimum absolute atomic E-state index is 0.0133. The number of hydrogen-bond donors (Lipinski definition) is 0. The smallest absolute Gasteiger partial charge is 0.379 e. The summed E-state index contributed by atoms with van der Waals surface area (Å²) in [6.07, 6.45) is -10.1. The number of halogens is 13. The fraction of sp³-hybridized carbons (Fsp3) is 1.00. The number of alkyl halides is 13. The summed E-state index contributed by atoms with van der Waals surface area (Å²) in [6, 6.07) is 0. The van der Waals surface area contributed by atoms with Gasteiger partial charge in [-0.3, -0.25) is 4.57 Å². The third-order valence-electron chi connectivity index (χ3n) is 5.36. The van der Waals surface area contributed by atoms with E-state index in [4.69, 9.17) is 14.0 Å². The highest BCUT2D eigenvalue weighted by molar-refractivity contribution is 7.54. The fourth-order valence-corrected chi connectivity index (χ4v) is 5.56. The second-order valence-electron chi connectivity index (χ2n) is 7.71. The van der Waals surface area contributed by atoms with Crippen molar-refractivity contribution in [3.63, 3.8) is 0 Å². The number of morpholine rings is 2. The Labute approximate surface area is 195 Å². The van der Waals surface area contributed by atoms with Crippen LogP contribution in [0.5, 0.6) is 0 Å². The Morgan fingerprint density at radius 3 is 1.33 bits per heavy atom. The highest BCUT2D eigenvalue weighted by Gasteiger charge is 2.90. The van der Waals surface area contributed by atoms with Gasteiger partial charge in [0.1, 0.15) is 0 Å². The van der Waals surface area contributed by atoms with Crippen molar-refractivity contribution in [2.24, 2.45) is 0 Å². The maximum Gasteiger partial charge on any atom is 0.460 e. The lowest BCUT2D eigenvalue weighted by molar-refractivity contribution is -0.440. The van der Waals surface area contributed by atoms with Gasteiger partial charge in [-0.25, -0.2) is 9.34 Å². The average Bonchev–Trinajstić information content (AvgIpc) is 2.78. The van der Waals surface area contributed by atoms with Crippen LogP contribution in [-0.4, -0.2) is 104 Å². The first-order chi connectivity index (χ1) is 16.2. The lowest BCUT2D eigenvalue weighted by atomic mass is 9.93. The van der Waals surface area contributed by atoms with E-state index < -0.39 is 56.5 Å². The summed E-state index contributed by atoms with van der Waals surface area (Å²) < 4.78 is 203. The molecule has 6 nitrogen and oxygen atoms in total. The largest absolute Gasteiger partial charge is 0.460 e. The standard InChI is InChI=1S/C16H20F13N2O4P/c17-11(18,12(19,20)13(21,22)14(23,24)15(25,26)16(27,28)29)1-6-35-36(32,30-2-7-33-8-3-30)31-4-9-34-10-5-31/h1-10H2. The average molecular weight is 582 g/mol. The SMILES string of the molecule is O=P(OCCC(F)(F)C(F)(F)C(F)(F)C(F)(F)C(F)(F)C(F)(F)F)(N1CCOCC1)N1CCOCC1. The van der Waals surface area contributed by atoms with Gasteiger partial charge in [-0.15, -0.1) is 0 Å². The number of nitrogens with zero attached hydrogens (tertiary/aromatic N) is 2. The fourth-order valence-electron chi connectivity index (χ4n) is 3.21. The second-order valence-corrected chi connectivity index (χ2v) is 10.1. The second kappa shape index (κ2) is 10.4. The van der Waals surface area contributed by atoms with Gasteiger partial charge in [-0.05, 0) is 0 Å². The summed E-state index contributed by atoms with van der Waals surface area (Å²) in [5.41, 5.74) is 0. The third kappa shape index (κ3) is 5.32. The van der Waals surface area contributed by atoms with Crippen LogP contribution in [0.1, 0.15) is 6.42 Å². The summed E-state index contributed by atoms with van der Waals surface area (Å²) in [6.45, 7) is -2.19. The van der Waals surface area contributed by atoms with Crippen molar-refractivity contribution in [2.75, 3.05) is 59.2 Å². The van der Waals surface area contributed by atoms with Crippen LogP contribution < -0.4 is 0 Å². The molecule has 2 aliphatic rings. The van der Waals surface area contributed by atoms with Crippen molar-refractivity contribution < 1.29 is 75.6 Å². The molecular formula is C16H20F13N2O4P. The van der Waals surface area contributed by atoms with Crippen molar-refractivity contribution >= 4 is 7.67 Å². The van der Waals surface area contributed by atoms with Crippen molar-refractivity contribution in [2.45, 2.75) is 42.2 Å². The summed E-state index contributed by atoms with van der Waals surface area (Å²) >= 11 is 0. The van der Waals surface area contributed by atoms with E-state index in [2.05, 4.69) is 0 Å². The molecule has 0 aliphatic carbocycles. The molecule has 0 bridgehead atoms. The van der Waals surface area contributed by atoms with Crippen LogP contribution in [0.25, 0.3) is 0 Å². The van der Waals surface area contributed by atoms with Gasteiger partial charge >= 0.3 is 43.5 Å². The Balaban J connectivity index is 2.25. The molecule has 2 saturated heterocycles. The van der Waals surface area contributed by atoms with Crippen LogP contribution >= 0.6 is 7.67 Å². The molecule has 0 spiro atoms. The first-order valence-corrected chi connectivity index (χ1v) is 11.6. The normalized spacial score (nSPS) is 21.1. The van der Waals surface area contributed by atoms with Crippen LogP contribution in [0.2, 0.25) is 0 Å². The van der Waals surface area contributed by atoms with Crippen molar-refractivity contribution in [1.29, 1.82) is 0 Å². The van der Waals surface area contributed by atoms with E-state index in [0.717, 1.165) is 9.34 Å². The van der Waals surface area contributed by atoms with E-state index in [9.17, 15) is 61.6 Å². The Kier molecular flexibility index (Phi) is 9.01. The minimum Gasteiger partial charge on any atom is -0.379 e. The molecule has 214 valence electrons. The quantitative estimate of drug-likeness (QED) is 0.270. The zero-order chi connectivity index (χ0) is 27.8. The molecule has 0 aromatic carbocycles. The van der Waals surface area contributed by atoms with Gasteiger partial charge in [0.2, 0.25) is 0 Å². The van der Waals surface area contributed by atoms with Crippen molar-refractivity contribution in [3.8, 4) is 0 Å². The molecule has 2 fully saturated rings. The molecule has 0 saturated carbocycles. The molecule has 0 unspecified atom stereocenters. The van der Waals surface area contributed by atoms with Gasteiger partial charge < -0.3 is 14.0 Å². The molecule has 0 aromatic rings.